The molecule has 3 unspecified atom stereocenters. The van der Waals surface area contributed by atoms with Crippen LogP contribution in [-0.2, 0) is 14.3 Å². The molecule has 5 aliphatic rings. The quantitative estimate of drug-likeness (QED) is 0.207. The highest BCUT2D eigenvalue weighted by molar-refractivity contribution is 6.30. The second-order valence-corrected chi connectivity index (χ2v) is 17.8. The summed E-state index contributed by atoms with van der Waals surface area (Å²) in [5.74, 6) is 0.269. The monoisotopic (exact) mass is 620 g/mol. The number of aliphatic carboxylic acids is 1. The molecule has 0 bridgehead atoms. The van der Waals surface area contributed by atoms with Gasteiger partial charge in [-0.3, -0.25) is 4.79 Å². The molecule has 0 aliphatic heterocycles. The van der Waals surface area contributed by atoms with Crippen molar-refractivity contribution in [3.63, 3.8) is 0 Å². The van der Waals surface area contributed by atoms with Gasteiger partial charge in [-0.15, -0.1) is 0 Å². The summed E-state index contributed by atoms with van der Waals surface area (Å²) in [6.07, 6.45) is 15.5. The van der Waals surface area contributed by atoms with E-state index < -0.39 is 11.4 Å². The maximum absolute atomic E-state index is 13.0. The van der Waals surface area contributed by atoms with Crippen molar-refractivity contribution in [1.82, 2.24) is 0 Å². The Bertz CT molecular complexity index is 1390. The summed E-state index contributed by atoms with van der Waals surface area (Å²) in [5.41, 5.74) is 2.11. The van der Waals surface area contributed by atoms with Crippen LogP contribution in [0.4, 0.5) is 0 Å². The number of carbonyl (C=O) groups is 2. The number of carbonyl (C=O) groups excluding carboxylic acids is 1. The van der Waals surface area contributed by atoms with E-state index in [9.17, 15) is 14.7 Å². The molecule has 240 valence electrons. The van der Waals surface area contributed by atoms with E-state index in [2.05, 4.69) is 54.5 Å². The standard InChI is InChI=1S/C39H53ClO4/c1-34(2)20-22-39(33(42)43)23-21-37(6)27(28(39)24-34)13-14-30-36(5)18-17-31(35(3,4)29(36)16-19-38(30,37)7)44-32(41)15-10-25-8-11-26(40)12-9-25/h8-13,15,28-31H,14,16-24H2,1-7H3,(H,42,43)/b15-10+/t28?,29?,30?,31-,36-,37+,38+,39-/m0/s1. The van der Waals surface area contributed by atoms with Gasteiger partial charge >= 0.3 is 11.9 Å². The summed E-state index contributed by atoms with van der Waals surface area (Å²) < 4.78 is 6.21. The Morgan fingerprint density at radius 2 is 1.57 bits per heavy atom. The minimum Gasteiger partial charge on any atom is -0.481 e. The number of carboxylic acid groups (broad SMARTS) is 1. The minimum absolute atomic E-state index is 0.0147. The number of carboxylic acids is 1. The first-order valence-corrected chi connectivity index (χ1v) is 17.4. The number of hydrogen-bond acceptors (Lipinski definition) is 3. The van der Waals surface area contributed by atoms with Crippen LogP contribution in [-0.4, -0.2) is 23.1 Å². The molecular weight excluding hydrogens is 568 g/mol. The summed E-state index contributed by atoms with van der Waals surface area (Å²) in [5, 5.41) is 11.3. The van der Waals surface area contributed by atoms with E-state index in [1.807, 2.05) is 24.3 Å². The zero-order valence-corrected chi connectivity index (χ0v) is 28.7. The Labute approximate surface area is 270 Å². The third-order valence-electron chi connectivity index (χ3n) is 14.5. The van der Waals surface area contributed by atoms with Crippen LogP contribution in [0.25, 0.3) is 6.08 Å². The molecule has 44 heavy (non-hydrogen) atoms. The van der Waals surface area contributed by atoms with Crippen LogP contribution in [0, 0.1) is 50.2 Å². The summed E-state index contributed by atoms with van der Waals surface area (Å²) in [7, 11) is 0. The minimum atomic E-state index is -0.600. The van der Waals surface area contributed by atoms with Gasteiger partial charge in [0.15, 0.2) is 0 Å². The first-order valence-electron chi connectivity index (χ1n) is 17.1. The van der Waals surface area contributed by atoms with Gasteiger partial charge in [0.2, 0.25) is 0 Å². The van der Waals surface area contributed by atoms with Crippen molar-refractivity contribution in [1.29, 1.82) is 0 Å². The number of allylic oxidation sites excluding steroid dienone is 2. The molecule has 1 N–H and O–H groups in total. The molecular formula is C39H53ClO4. The van der Waals surface area contributed by atoms with Crippen LogP contribution in [0.1, 0.15) is 118 Å². The predicted molar refractivity (Wildman–Crippen MR) is 177 cm³/mol. The fraction of sp³-hybridized carbons (Fsp3) is 0.692. The molecule has 0 saturated heterocycles. The van der Waals surface area contributed by atoms with Gasteiger partial charge < -0.3 is 9.84 Å². The van der Waals surface area contributed by atoms with E-state index >= 15 is 0 Å². The number of benzene rings is 1. The molecule has 6 rings (SSSR count). The van der Waals surface area contributed by atoms with Crippen LogP contribution in [0.2, 0.25) is 5.02 Å². The summed E-state index contributed by atoms with van der Waals surface area (Å²) >= 11 is 6.01. The van der Waals surface area contributed by atoms with Gasteiger partial charge in [-0.05, 0) is 127 Å². The van der Waals surface area contributed by atoms with Gasteiger partial charge in [0, 0.05) is 16.5 Å². The summed E-state index contributed by atoms with van der Waals surface area (Å²) in [4.78, 5) is 25.9. The zero-order chi connectivity index (χ0) is 31.9. The molecule has 5 aliphatic carbocycles. The second kappa shape index (κ2) is 10.5. The number of fused-ring (bicyclic) bond motifs is 7. The Morgan fingerprint density at radius 3 is 2.25 bits per heavy atom. The van der Waals surface area contributed by atoms with Crippen LogP contribution in [0.15, 0.2) is 42.0 Å². The highest BCUT2D eigenvalue weighted by atomic mass is 35.5. The third kappa shape index (κ3) is 4.66. The van der Waals surface area contributed by atoms with Crippen molar-refractivity contribution in [2.45, 2.75) is 119 Å². The number of halogens is 1. The lowest BCUT2D eigenvalue weighted by Gasteiger charge is -2.71. The van der Waals surface area contributed by atoms with E-state index in [0.29, 0.717) is 16.9 Å². The lowest BCUT2D eigenvalue weighted by Crippen LogP contribution is -2.65. The van der Waals surface area contributed by atoms with Crippen LogP contribution in [0.5, 0.6) is 0 Å². The Hall–Kier alpha value is -2.07. The van der Waals surface area contributed by atoms with Crippen molar-refractivity contribution in [3.05, 3.63) is 52.6 Å². The maximum Gasteiger partial charge on any atom is 0.331 e. The zero-order valence-electron chi connectivity index (χ0n) is 28.0. The van der Waals surface area contributed by atoms with Gasteiger partial charge in [-0.2, -0.15) is 0 Å². The van der Waals surface area contributed by atoms with E-state index in [1.165, 1.54) is 5.57 Å². The molecule has 0 amide bonds. The predicted octanol–water partition coefficient (Wildman–Crippen LogP) is 10.2. The Kier molecular flexibility index (Phi) is 7.59. The lowest BCUT2D eigenvalue weighted by molar-refractivity contribution is -0.212. The highest BCUT2D eigenvalue weighted by Crippen LogP contribution is 2.75. The van der Waals surface area contributed by atoms with Crippen molar-refractivity contribution >= 4 is 29.6 Å². The highest BCUT2D eigenvalue weighted by Gasteiger charge is 2.69. The molecule has 0 aromatic heterocycles. The van der Waals surface area contributed by atoms with Crippen molar-refractivity contribution in [3.8, 4) is 0 Å². The number of hydrogen-bond donors (Lipinski definition) is 1. The molecule has 8 atom stereocenters. The topological polar surface area (TPSA) is 63.6 Å². The molecule has 4 nitrogen and oxygen atoms in total. The SMILES string of the molecule is CC1(C)CC[C@]2(C(=O)O)CC[C@]3(C)C(=CCC4[C@@]5(C)CC[C@H](OC(=O)/C=C/c6ccc(Cl)cc6)C(C)(C)C5CC[C@]43C)C2C1. The summed E-state index contributed by atoms with van der Waals surface area (Å²) in [6, 6.07) is 7.44. The first kappa shape index (κ1) is 31.9. The molecule has 0 heterocycles. The molecule has 4 fully saturated rings. The van der Waals surface area contributed by atoms with Gasteiger partial charge in [0.05, 0.1) is 5.41 Å². The van der Waals surface area contributed by atoms with E-state index in [0.717, 1.165) is 69.8 Å². The van der Waals surface area contributed by atoms with Crippen molar-refractivity contribution in [2.75, 3.05) is 0 Å². The maximum atomic E-state index is 13.0. The molecule has 5 heteroatoms. The fourth-order valence-electron chi connectivity index (χ4n) is 11.7. The lowest BCUT2D eigenvalue weighted by atomic mass is 9.33. The molecule has 0 spiro atoms. The van der Waals surface area contributed by atoms with Gasteiger partial charge in [0.25, 0.3) is 0 Å². The molecule has 0 radical (unpaired) electrons. The number of rotatable bonds is 4. The molecule has 1 aromatic carbocycles. The average molecular weight is 621 g/mol. The van der Waals surface area contributed by atoms with Crippen molar-refractivity contribution < 1.29 is 19.4 Å². The molecule has 1 aromatic rings. The number of ether oxygens (including phenoxy) is 1. The van der Waals surface area contributed by atoms with E-state index in [1.54, 1.807) is 12.2 Å². The number of esters is 1. The Morgan fingerprint density at radius 1 is 0.886 bits per heavy atom. The second-order valence-electron chi connectivity index (χ2n) is 17.3. The fourth-order valence-corrected chi connectivity index (χ4v) is 11.9. The van der Waals surface area contributed by atoms with Crippen LogP contribution < -0.4 is 0 Å². The van der Waals surface area contributed by atoms with Gasteiger partial charge in [-0.1, -0.05) is 83.8 Å². The average Bonchev–Trinajstić information content (AvgIpc) is 2.94. The smallest absolute Gasteiger partial charge is 0.331 e. The third-order valence-corrected chi connectivity index (χ3v) is 14.8. The van der Waals surface area contributed by atoms with Gasteiger partial charge in [-0.25, -0.2) is 4.79 Å². The normalized spacial score (nSPS) is 42.2. The Balaban J connectivity index is 1.26. The van der Waals surface area contributed by atoms with Gasteiger partial charge in [0.1, 0.15) is 6.10 Å². The first-order chi connectivity index (χ1) is 20.5. The van der Waals surface area contributed by atoms with Crippen molar-refractivity contribution in [2.24, 2.45) is 50.2 Å². The van der Waals surface area contributed by atoms with E-state index in [-0.39, 0.29) is 45.1 Å². The molecule has 4 saturated carbocycles. The van der Waals surface area contributed by atoms with E-state index in [4.69, 9.17) is 16.3 Å². The van der Waals surface area contributed by atoms with Crippen LogP contribution >= 0.6 is 11.6 Å². The largest absolute Gasteiger partial charge is 0.481 e. The van der Waals surface area contributed by atoms with Crippen LogP contribution in [0.3, 0.4) is 0 Å². The summed E-state index contributed by atoms with van der Waals surface area (Å²) in [6.45, 7) is 16.9.